The van der Waals surface area contributed by atoms with Gasteiger partial charge < -0.3 is 4.90 Å². The molecule has 1 atom stereocenters. The Balaban J connectivity index is 1.95. The number of aromatic nitrogens is 4. The zero-order chi connectivity index (χ0) is 17.8. The number of carbonyl (C=O) groups excluding carboxylic acids is 1. The Morgan fingerprint density at radius 1 is 1.12 bits per heavy atom. The van der Waals surface area contributed by atoms with Crippen LogP contribution in [0.15, 0.2) is 59.8 Å². The number of carbonyl (C=O) groups is 1. The monoisotopic (exact) mass is 373 g/mol. The SMILES string of the molecule is CN(C)C(=O)C(Sc1nnnn1-c1ccc(Cl)cc1)c1ccccc1. The lowest BCUT2D eigenvalue weighted by atomic mass is 10.1. The molecule has 1 aromatic heterocycles. The van der Waals surface area contributed by atoms with Gasteiger partial charge in [0.05, 0.1) is 5.69 Å². The van der Waals surface area contributed by atoms with Crippen LogP contribution in [0.1, 0.15) is 10.8 Å². The van der Waals surface area contributed by atoms with Gasteiger partial charge in [-0.2, -0.15) is 4.68 Å². The Hall–Kier alpha value is -2.38. The highest BCUT2D eigenvalue weighted by molar-refractivity contribution is 8.00. The zero-order valence-corrected chi connectivity index (χ0v) is 15.3. The van der Waals surface area contributed by atoms with Crippen LogP contribution >= 0.6 is 23.4 Å². The Labute approximate surface area is 154 Å². The molecule has 0 N–H and O–H groups in total. The fraction of sp³-hybridized carbons (Fsp3) is 0.176. The van der Waals surface area contributed by atoms with Crippen molar-refractivity contribution in [1.82, 2.24) is 25.1 Å². The van der Waals surface area contributed by atoms with E-state index in [0.29, 0.717) is 10.2 Å². The van der Waals surface area contributed by atoms with Crippen LogP contribution in [0.25, 0.3) is 5.69 Å². The van der Waals surface area contributed by atoms with Gasteiger partial charge in [0.15, 0.2) is 0 Å². The standard InChI is InChI=1S/C17H16ClN5OS/c1-22(2)16(24)15(12-6-4-3-5-7-12)25-17-19-20-21-23(17)14-10-8-13(18)9-11-14/h3-11,15H,1-2H3. The predicted octanol–water partition coefficient (Wildman–Crippen LogP) is 3.24. The lowest BCUT2D eigenvalue weighted by molar-refractivity contribution is -0.128. The van der Waals surface area contributed by atoms with Gasteiger partial charge in [-0.3, -0.25) is 4.79 Å². The molecule has 0 fully saturated rings. The first-order valence-electron chi connectivity index (χ1n) is 7.53. The van der Waals surface area contributed by atoms with Crippen molar-refractivity contribution in [3.63, 3.8) is 0 Å². The quantitative estimate of drug-likeness (QED) is 0.642. The highest BCUT2D eigenvalue weighted by Gasteiger charge is 2.26. The van der Waals surface area contributed by atoms with Crippen molar-refractivity contribution in [3.8, 4) is 5.69 Å². The molecule has 128 valence electrons. The van der Waals surface area contributed by atoms with Crippen LogP contribution in [-0.4, -0.2) is 45.1 Å². The number of hydrogen-bond donors (Lipinski definition) is 0. The predicted molar refractivity (Wildman–Crippen MR) is 97.9 cm³/mol. The molecule has 2 aromatic carbocycles. The van der Waals surface area contributed by atoms with Crippen LogP contribution in [0.4, 0.5) is 0 Å². The Bertz CT molecular complexity index is 851. The number of thioether (sulfide) groups is 1. The van der Waals surface area contributed by atoms with Gasteiger partial charge in [0.2, 0.25) is 11.1 Å². The van der Waals surface area contributed by atoms with E-state index in [2.05, 4.69) is 15.5 Å². The number of halogens is 1. The van der Waals surface area contributed by atoms with Crippen molar-refractivity contribution in [3.05, 3.63) is 65.2 Å². The molecule has 1 unspecified atom stereocenters. The lowest BCUT2D eigenvalue weighted by Crippen LogP contribution is -2.27. The smallest absolute Gasteiger partial charge is 0.240 e. The van der Waals surface area contributed by atoms with Gasteiger partial charge >= 0.3 is 0 Å². The third-order valence-corrected chi connectivity index (χ3v) is 4.93. The first-order chi connectivity index (χ1) is 12.1. The number of benzene rings is 2. The third-order valence-electron chi connectivity index (χ3n) is 3.50. The third kappa shape index (κ3) is 4.00. The first kappa shape index (κ1) is 17.4. The van der Waals surface area contributed by atoms with E-state index in [1.807, 2.05) is 42.5 Å². The van der Waals surface area contributed by atoms with E-state index >= 15 is 0 Å². The average Bonchev–Trinajstić information content (AvgIpc) is 3.08. The molecular formula is C17H16ClN5OS. The summed E-state index contributed by atoms with van der Waals surface area (Å²) in [6.07, 6.45) is 0. The summed E-state index contributed by atoms with van der Waals surface area (Å²) in [7, 11) is 3.47. The maximum atomic E-state index is 12.7. The Morgan fingerprint density at radius 3 is 2.44 bits per heavy atom. The van der Waals surface area contributed by atoms with Crippen molar-refractivity contribution in [2.24, 2.45) is 0 Å². The van der Waals surface area contributed by atoms with Crippen LogP contribution < -0.4 is 0 Å². The summed E-state index contributed by atoms with van der Waals surface area (Å²) in [5.41, 5.74) is 1.68. The molecule has 25 heavy (non-hydrogen) atoms. The second-order valence-corrected chi connectivity index (χ2v) is 7.00. The van der Waals surface area contributed by atoms with Crippen LogP contribution in [0.5, 0.6) is 0 Å². The molecule has 1 heterocycles. The largest absolute Gasteiger partial charge is 0.348 e. The van der Waals surface area contributed by atoms with E-state index < -0.39 is 5.25 Å². The number of rotatable bonds is 5. The minimum absolute atomic E-state index is 0.0261. The topological polar surface area (TPSA) is 63.9 Å². The summed E-state index contributed by atoms with van der Waals surface area (Å²) in [6, 6.07) is 16.8. The van der Waals surface area contributed by atoms with Crippen molar-refractivity contribution in [1.29, 1.82) is 0 Å². The van der Waals surface area contributed by atoms with Crippen molar-refractivity contribution < 1.29 is 4.79 Å². The second kappa shape index (κ2) is 7.67. The van der Waals surface area contributed by atoms with Crippen molar-refractivity contribution in [2.75, 3.05) is 14.1 Å². The van der Waals surface area contributed by atoms with E-state index in [-0.39, 0.29) is 5.91 Å². The molecule has 1 amide bonds. The van der Waals surface area contributed by atoms with Crippen LogP contribution in [-0.2, 0) is 4.79 Å². The molecular weight excluding hydrogens is 358 g/mol. The van der Waals surface area contributed by atoms with E-state index in [9.17, 15) is 4.79 Å². The number of hydrogen-bond acceptors (Lipinski definition) is 5. The average molecular weight is 374 g/mol. The fourth-order valence-corrected chi connectivity index (χ4v) is 3.49. The van der Waals surface area contributed by atoms with Crippen molar-refractivity contribution >= 4 is 29.3 Å². The number of nitrogens with zero attached hydrogens (tertiary/aromatic N) is 5. The van der Waals surface area contributed by atoms with E-state index in [4.69, 9.17) is 11.6 Å². The molecule has 0 aliphatic carbocycles. The molecule has 0 radical (unpaired) electrons. The van der Waals surface area contributed by atoms with Crippen LogP contribution in [0.2, 0.25) is 5.02 Å². The maximum absolute atomic E-state index is 12.7. The van der Waals surface area contributed by atoms with Gasteiger partial charge in [0.25, 0.3) is 0 Å². The molecule has 0 spiro atoms. The second-order valence-electron chi connectivity index (χ2n) is 5.49. The normalized spacial score (nSPS) is 12.0. The van der Waals surface area contributed by atoms with E-state index in [0.717, 1.165) is 11.3 Å². The highest BCUT2D eigenvalue weighted by atomic mass is 35.5. The molecule has 0 aliphatic heterocycles. The minimum atomic E-state index is -0.437. The van der Waals surface area contributed by atoms with Crippen molar-refractivity contribution in [2.45, 2.75) is 10.4 Å². The number of amides is 1. The van der Waals surface area contributed by atoms with Gasteiger partial charge in [-0.05, 0) is 40.3 Å². The molecule has 3 rings (SSSR count). The van der Waals surface area contributed by atoms with E-state index in [1.54, 1.807) is 35.8 Å². The summed E-state index contributed by atoms with van der Waals surface area (Å²) in [4.78, 5) is 14.2. The first-order valence-corrected chi connectivity index (χ1v) is 8.79. The van der Waals surface area contributed by atoms with Gasteiger partial charge in [-0.15, -0.1) is 5.10 Å². The van der Waals surface area contributed by atoms with E-state index in [1.165, 1.54) is 11.8 Å². The zero-order valence-electron chi connectivity index (χ0n) is 13.7. The van der Waals surface area contributed by atoms with Gasteiger partial charge in [-0.1, -0.05) is 53.7 Å². The summed E-state index contributed by atoms with van der Waals surface area (Å²) < 4.78 is 1.60. The molecule has 0 bridgehead atoms. The van der Waals surface area contributed by atoms with Gasteiger partial charge in [-0.25, -0.2) is 0 Å². The summed E-state index contributed by atoms with van der Waals surface area (Å²) in [5.74, 6) is -0.0261. The lowest BCUT2D eigenvalue weighted by Gasteiger charge is -2.20. The number of tetrazole rings is 1. The Morgan fingerprint density at radius 2 is 1.80 bits per heavy atom. The maximum Gasteiger partial charge on any atom is 0.240 e. The van der Waals surface area contributed by atoms with Gasteiger partial charge in [0.1, 0.15) is 5.25 Å². The van der Waals surface area contributed by atoms with Gasteiger partial charge in [0, 0.05) is 19.1 Å². The highest BCUT2D eigenvalue weighted by Crippen LogP contribution is 2.35. The van der Waals surface area contributed by atoms with Crippen LogP contribution in [0, 0.1) is 0 Å². The van der Waals surface area contributed by atoms with Crippen LogP contribution in [0.3, 0.4) is 0 Å². The molecule has 6 nitrogen and oxygen atoms in total. The summed E-state index contributed by atoms with van der Waals surface area (Å²) in [5, 5.41) is 12.6. The summed E-state index contributed by atoms with van der Waals surface area (Å²) >= 11 is 7.25. The fourth-order valence-electron chi connectivity index (χ4n) is 2.23. The summed E-state index contributed by atoms with van der Waals surface area (Å²) in [6.45, 7) is 0. The molecule has 3 aromatic rings. The molecule has 0 saturated carbocycles. The molecule has 0 saturated heterocycles. The molecule has 8 heteroatoms. The molecule has 0 aliphatic rings. The minimum Gasteiger partial charge on any atom is -0.348 e. The number of likely N-dealkylation sites (N-methyl/N-ethyl adjacent to an activating group) is 1. The Kier molecular flexibility index (Phi) is 5.35.